The molecule has 0 aliphatic heterocycles. The van der Waals surface area contributed by atoms with Gasteiger partial charge in [-0.15, -0.1) is 11.3 Å². The van der Waals surface area contributed by atoms with Gasteiger partial charge in [0.1, 0.15) is 0 Å². The van der Waals surface area contributed by atoms with Gasteiger partial charge in [0.05, 0.1) is 8.66 Å². The molecule has 2 aromatic heterocycles. The minimum Gasteiger partial charge on any atom is -0.334 e. The zero-order valence-corrected chi connectivity index (χ0v) is 13.3. The Balaban J connectivity index is 2.15. The second kappa shape index (κ2) is 6.30. The molecule has 5 heteroatoms. The lowest BCUT2D eigenvalue weighted by molar-refractivity contribution is 0.0757. The molecule has 0 unspecified atom stereocenters. The highest BCUT2D eigenvalue weighted by Gasteiger charge is 2.17. The summed E-state index contributed by atoms with van der Waals surface area (Å²) in [6.07, 6.45) is 3.50. The van der Waals surface area contributed by atoms with Crippen LogP contribution in [0, 0.1) is 6.92 Å². The van der Waals surface area contributed by atoms with Crippen LogP contribution in [0.3, 0.4) is 0 Å². The van der Waals surface area contributed by atoms with Gasteiger partial charge in [0.2, 0.25) is 0 Å². The number of hydrogen-bond donors (Lipinski definition) is 0. The minimum atomic E-state index is 0.0816. The number of aromatic nitrogens is 1. The molecule has 100 valence electrons. The number of hydrogen-bond acceptors (Lipinski definition) is 3. The maximum absolute atomic E-state index is 12.4. The van der Waals surface area contributed by atoms with Crippen LogP contribution < -0.4 is 0 Å². The summed E-state index contributed by atoms with van der Waals surface area (Å²) in [7, 11) is 0. The molecule has 0 aliphatic rings. The van der Waals surface area contributed by atoms with Crippen LogP contribution in [0.15, 0.2) is 34.4 Å². The molecule has 0 aromatic carbocycles. The Labute approximate surface area is 125 Å². The van der Waals surface area contributed by atoms with Gasteiger partial charge in [-0.05, 0) is 59.1 Å². The van der Waals surface area contributed by atoms with Crippen LogP contribution in [0.5, 0.6) is 0 Å². The van der Waals surface area contributed by atoms with Crippen molar-refractivity contribution in [2.24, 2.45) is 0 Å². The van der Waals surface area contributed by atoms with E-state index < -0.39 is 0 Å². The molecule has 0 saturated carbocycles. The van der Waals surface area contributed by atoms with Crippen molar-refractivity contribution < 1.29 is 4.79 Å². The Hall–Kier alpha value is -1.20. The number of nitrogens with zero attached hydrogens (tertiary/aromatic N) is 2. The van der Waals surface area contributed by atoms with E-state index in [9.17, 15) is 4.79 Å². The van der Waals surface area contributed by atoms with Crippen LogP contribution in [-0.4, -0.2) is 22.3 Å². The van der Waals surface area contributed by atoms with Crippen molar-refractivity contribution >= 4 is 33.2 Å². The summed E-state index contributed by atoms with van der Waals surface area (Å²) in [4.78, 5) is 19.1. The molecule has 0 atom stereocenters. The molecule has 0 saturated heterocycles. The Morgan fingerprint density at radius 1 is 1.42 bits per heavy atom. The first-order chi connectivity index (χ1) is 9.11. The third-order valence-electron chi connectivity index (χ3n) is 2.86. The highest BCUT2D eigenvalue weighted by molar-refractivity contribution is 9.11. The monoisotopic (exact) mass is 338 g/mol. The first-order valence-electron chi connectivity index (χ1n) is 6.06. The summed E-state index contributed by atoms with van der Waals surface area (Å²) in [6, 6.07) is 5.81. The highest BCUT2D eigenvalue weighted by atomic mass is 79.9. The van der Waals surface area contributed by atoms with Gasteiger partial charge < -0.3 is 4.90 Å². The predicted octanol–water partition coefficient (Wildman–Crippen LogP) is 3.88. The van der Waals surface area contributed by atoms with Crippen LogP contribution in [0.1, 0.15) is 27.7 Å². The van der Waals surface area contributed by atoms with Crippen molar-refractivity contribution in [2.75, 3.05) is 6.54 Å². The normalized spacial score (nSPS) is 10.5. The summed E-state index contributed by atoms with van der Waals surface area (Å²) in [6.45, 7) is 5.30. The van der Waals surface area contributed by atoms with Gasteiger partial charge in [0.25, 0.3) is 5.91 Å². The zero-order valence-electron chi connectivity index (χ0n) is 10.9. The lowest BCUT2D eigenvalue weighted by Crippen LogP contribution is -2.29. The largest absolute Gasteiger partial charge is 0.334 e. The van der Waals surface area contributed by atoms with Gasteiger partial charge in [-0.3, -0.25) is 9.78 Å². The minimum absolute atomic E-state index is 0.0816. The fraction of sp³-hybridized carbons (Fsp3) is 0.286. The Kier molecular flexibility index (Phi) is 4.71. The number of carbonyl (C=O) groups excluding carboxylic acids is 1. The molecule has 3 nitrogen and oxygen atoms in total. The van der Waals surface area contributed by atoms with Crippen LogP contribution in [0.2, 0.25) is 0 Å². The van der Waals surface area contributed by atoms with Crippen molar-refractivity contribution in [2.45, 2.75) is 20.4 Å². The van der Waals surface area contributed by atoms with Gasteiger partial charge in [0.15, 0.2) is 0 Å². The number of carbonyl (C=O) groups is 1. The standard InChI is InChI=1S/C14H15BrN2OS/c1-3-17(9-11-4-6-16-7-5-11)14(18)12-8-10(2)13(15)19-12/h4-8H,3,9H2,1-2H3. The Morgan fingerprint density at radius 3 is 2.63 bits per heavy atom. The summed E-state index contributed by atoms with van der Waals surface area (Å²) in [5.41, 5.74) is 2.20. The van der Waals surface area contributed by atoms with E-state index in [1.807, 2.05) is 36.9 Å². The first kappa shape index (κ1) is 14.2. The highest BCUT2D eigenvalue weighted by Crippen LogP contribution is 2.28. The maximum Gasteiger partial charge on any atom is 0.264 e. The number of halogens is 1. The average Bonchev–Trinajstić information content (AvgIpc) is 2.76. The van der Waals surface area contributed by atoms with Crippen LogP contribution in [-0.2, 0) is 6.54 Å². The third kappa shape index (κ3) is 3.42. The second-order valence-electron chi connectivity index (χ2n) is 4.24. The maximum atomic E-state index is 12.4. The van der Waals surface area contributed by atoms with Gasteiger partial charge in [0, 0.05) is 25.5 Å². The molecule has 1 amide bonds. The van der Waals surface area contributed by atoms with E-state index in [1.54, 1.807) is 12.4 Å². The molecule has 2 aromatic rings. The first-order valence-corrected chi connectivity index (χ1v) is 7.67. The summed E-state index contributed by atoms with van der Waals surface area (Å²) in [5.74, 6) is 0.0816. The summed E-state index contributed by atoms with van der Waals surface area (Å²) < 4.78 is 1.02. The van der Waals surface area contributed by atoms with Gasteiger partial charge in [-0.25, -0.2) is 0 Å². The fourth-order valence-electron chi connectivity index (χ4n) is 1.76. The molecule has 2 rings (SSSR count). The van der Waals surface area contributed by atoms with Crippen molar-refractivity contribution in [1.82, 2.24) is 9.88 Å². The van der Waals surface area contributed by atoms with Crippen molar-refractivity contribution in [3.05, 3.63) is 50.4 Å². The van der Waals surface area contributed by atoms with E-state index in [2.05, 4.69) is 20.9 Å². The lowest BCUT2D eigenvalue weighted by atomic mass is 10.2. The molecule has 2 heterocycles. The average molecular weight is 339 g/mol. The number of rotatable bonds is 4. The Bertz CT molecular complexity index is 549. The molecule has 0 radical (unpaired) electrons. The van der Waals surface area contributed by atoms with Crippen LogP contribution in [0.25, 0.3) is 0 Å². The van der Waals surface area contributed by atoms with Gasteiger partial charge >= 0.3 is 0 Å². The van der Waals surface area contributed by atoms with Crippen molar-refractivity contribution in [3.8, 4) is 0 Å². The topological polar surface area (TPSA) is 33.2 Å². The molecule has 0 N–H and O–H groups in total. The second-order valence-corrected chi connectivity index (χ2v) is 6.61. The molecule has 0 aliphatic carbocycles. The van der Waals surface area contributed by atoms with E-state index >= 15 is 0 Å². The zero-order chi connectivity index (χ0) is 13.8. The quantitative estimate of drug-likeness (QED) is 0.847. The van der Waals surface area contributed by atoms with E-state index in [0.29, 0.717) is 13.1 Å². The van der Waals surface area contributed by atoms with E-state index in [4.69, 9.17) is 0 Å². The van der Waals surface area contributed by atoms with E-state index in [0.717, 1.165) is 19.8 Å². The summed E-state index contributed by atoms with van der Waals surface area (Å²) in [5, 5.41) is 0. The fourth-order valence-corrected chi connectivity index (χ4v) is 3.26. The number of aryl methyl sites for hydroxylation is 1. The molecule has 0 spiro atoms. The van der Waals surface area contributed by atoms with Crippen LogP contribution in [0.4, 0.5) is 0 Å². The molecule has 0 bridgehead atoms. The van der Waals surface area contributed by atoms with Crippen LogP contribution >= 0.6 is 27.3 Å². The smallest absolute Gasteiger partial charge is 0.264 e. The molecule has 0 fully saturated rings. The molecular formula is C14H15BrN2OS. The Morgan fingerprint density at radius 2 is 2.11 bits per heavy atom. The van der Waals surface area contributed by atoms with Crippen molar-refractivity contribution in [3.63, 3.8) is 0 Å². The number of amides is 1. The van der Waals surface area contributed by atoms with E-state index in [1.165, 1.54) is 11.3 Å². The van der Waals surface area contributed by atoms with E-state index in [-0.39, 0.29) is 5.91 Å². The molecular weight excluding hydrogens is 324 g/mol. The lowest BCUT2D eigenvalue weighted by Gasteiger charge is -2.20. The number of thiophene rings is 1. The van der Waals surface area contributed by atoms with Crippen molar-refractivity contribution in [1.29, 1.82) is 0 Å². The third-order valence-corrected chi connectivity index (χ3v) is 4.98. The van der Waals surface area contributed by atoms with Gasteiger partial charge in [-0.2, -0.15) is 0 Å². The summed E-state index contributed by atoms with van der Waals surface area (Å²) >= 11 is 4.95. The predicted molar refractivity (Wildman–Crippen MR) is 81.4 cm³/mol. The SMILES string of the molecule is CCN(Cc1ccncc1)C(=O)c1cc(C)c(Br)s1. The number of pyridine rings is 1. The van der Waals surface area contributed by atoms with Gasteiger partial charge in [-0.1, -0.05) is 0 Å². The molecule has 19 heavy (non-hydrogen) atoms.